The van der Waals surface area contributed by atoms with Gasteiger partial charge in [-0.2, -0.15) is 0 Å². The fourth-order valence-corrected chi connectivity index (χ4v) is 2.52. The number of amides is 1. The standard InChI is InChI=1S/C20H25NO5/c1-13-7-6-8-16(14(13)2)26-10-9-21-20(22)15-11-17(23-3)19(25-5)18(12-15)24-4/h6-8,11-12H,9-10H2,1-5H3,(H,21,22). The maximum absolute atomic E-state index is 12.4. The van der Waals surface area contributed by atoms with Gasteiger partial charge in [0.25, 0.3) is 5.91 Å². The van der Waals surface area contributed by atoms with Crippen LogP contribution in [0.15, 0.2) is 30.3 Å². The minimum Gasteiger partial charge on any atom is -0.493 e. The molecule has 0 aliphatic carbocycles. The van der Waals surface area contributed by atoms with Crippen molar-refractivity contribution >= 4 is 5.91 Å². The minimum absolute atomic E-state index is 0.242. The van der Waals surface area contributed by atoms with Gasteiger partial charge in [0.1, 0.15) is 12.4 Å². The quantitative estimate of drug-likeness (QED) is 0.734. The fraction of sp³-hybridized carbons (Fsp3) is 0.350. The Bertz CT molecular complexity index is 748. The Hall–Kier alpha value is -2.89. The Kier molecular flexibility index (Phi) is 6.72. The van der Waals surface area contributed by atoms with Gasteiger partial charge in [-0.1, -0.05) is 12.1 Å². The van der Waals surface area contributed by atoms with Gasteiger partial charge in [0.2, 0.25) is 5.75 Å². The lowest BCUT2D eigenvalue weighted by Gasteiger charge is -2.14. The normalized spacial score (nSPS) is 10.2. The number of carbonyl (C=O) groups excluding carboxylic acids is 1. The van der Waals surface area contributed by atoms with Crippen LogP contribution in [-0.2, 0) is 0 Å². The summed E-state index contributed by atoms with van der Waals surface area (Å²) in [4.78, 5) is 12.4. The molecule has 6 nitrogen and oxygen atoms in total. The second-order valence-corrected chi connectivity index (χ2v) is 5.72. The van der Waals surface area contributed by atoms with E-state index in [-0.39, 0.29) is 5.91 Å². The van der Waals surface area contributed by atoms with Crippen LogP contribution in [0.1, 0.15) is 21.5 Å². The van der Waals surface area contributed by atoms with Crippen molar-refractivity contribution in [3.8, 4) is 23.0 Å². The van der Waals surface area contributed by atoms with Crippen LogP contribution >= 0.6 is 0 Å². The van der Waals surface area contributed by atoms with Gasteiger partial charge in [-0.25, -0.2) is 0 Å². The van der Waals surface area contributed by atoms with E-state index in [9.17, 15) is 4.79 Å². The van der Waals surface area contributed by atoms with E-state index in [1.807, 2.05) is 32.0 Å². The zero-order valence-electron chi connectivity index (χ0n) is 15.8. The molecule has 140 valence electrons. The smallest absolute Gasteiger partial charge is 0.251 e. The Balaban J connectivity index is 1.98. The predicted octanol–water partition coefficient (Wildman–Crippen LogP) is 3.14. The van der Waals surface area contributed by atoms with Crippen molar-refractivity contribution in [2.75, 3.05) is 34.5 Å². The maximum atomic E-state index is 12.4. The number of aryl methyl sites for hydroxylation is 1. The number of rotatable bonds is 8. The molecule has 2 aromatic carbocycles. The molecule has 1 amide bonds. The third kappa shape index (κ3) is 4.39. The van der Waals surface area contributed by atoms with Gasteiger partial charge in [-0.3, -0.25) is 4.79 Å². The Morgan fingerprint density at radius 1 is 0.962 bits per heavy atom. The molecule has 1 N–H and O–H groups in total. The molecular formula is C20H25NO5. The second-order valence-electron chi connectivity index (χ2n) is 5.72. The topological polar surface area (TPSA) is 66.0 Å². The average molecular weight is 359 g/mol. The molecule has 6 heteroatoms. The van der Waals surface area contributed by atoms with Gasteiger partial charge in [0.05, 0.1) is 27.9 Å². The number of ether oxygens (including phenoxy) is 4. The molecule has 0 aliphatic rings. The fourth-order valence-electron chi connectivity index (χ4n) is 2.52. The highest BCUT2D eigenvalue weighted by molar-refractivity contribution is 5.95. The van der Waals surface area contributed by atoms with Crippen molar-refractivity contribution in [2.45, 2.75) is 13.8 Å². The van der Waals surface area contributed by atoms with Crippen molar-refractivity contribution < 1.29 is 23.7 Å². The van der Waals surface area contributed by atoms with Crippen LogP contribution in [-0.4, -0.2) is 40.4 Å². The first-order chi connectivity index (χ1) is 12.5. The monoisotopic (exact) mass is 359 g/mol. The van der Waals surface area contributed by atoms with E-state index in [0.29, 0.717) is 36.0 Å². The summed E-state index contributed by atoms with van der Waals surface area (Å²) in [6.45, 7) is 4.80. The zero-order chi connectivity index (χ0) is 19.1. The van der Waals surface area contributed by atoms with E-state index < -0.39 is 0 Å². The van der Waals surface area contributed by atoms with Gasteiger partial charge >= 0.3 is 0 Å². The van der Waals surface area contributed by atoms with Gasteiger partial charge < -0.3 is 24.3 Å². The molecule has 0 saturated heterocycles. The zero-order valence-corrected chi connectivity index (χ0v) is 15.8. The molecule has 0 heterocycles. The highest BCUT2D eigenvalue weighted by atomic mass is 16.5. The van der Waals surface area contributed by atoms with Crippen LogP contribution in [0.2, 0.25) is 0 Å². The van der Waals surface area contributed by atoms with Crippen LogP contribution in [0, 0.1) is 13.8 Å². The van der Waals surface area contributed by atoms with Crippen LogP contribution in [0.25, 0.3) is 0 Å². The van der Waals surface area contributed by atoms with Gasteiger partial charge in [-0.05, 0) is 43.2 Å². The van der Waals surface area contributed by atoms with Crippen LogP contribution < -0.4 is 24.3 Å². The Labute approximate surface area is 154 Å². The summed E-state index contributed by atoms with van der Waals surface area (Å²) in [7, 11) is 4.54. The molecule has 0 atom stereocenters. The van der Waals surface area contributed by atoms with Gasteiger partial charge in [-0.15, -0.1) is 0 Å². The van der Waals surface area contributed by atoms with E-state index in [2.05, 4.69) is 5.32 Å². The number of nitrogens with one attached hydrogen (secondary N) is 1. The summed E-state index contributed by atoms with van der Waals surface area (Å²) in [5.41, 5.74) is 2.69. The average Bonchev–Trinajstić information content (AvgIpc) is 2.66. The summed E-state index contributed by atoms with van der Waals surface area (Å²) in [6, 6.07) is 9.13. The number of methoxy groups -OCH3 is 3. The molecule has 0 aromatic heterocycles. The largest absolute Gasteiger partial charge is 0.493 e. The first kappa shape index (κ1) is 19.4. The summed E-state index contributed by atoms with van der Waals surface area (Å²) >= 11 is 0. The van der Waals surface area contributed by atoms with Crippen LogP contribution in [0.3, 0.4) is 0 Å². The number of carbonyl (C=O) groups is 1. The first-order valence-corrected chi connectivity index (χ1v) is 8.29. The summed E-state index contributed by atoms with van der Waals surface area (Å²) in [5.74, 6) is 1.90. The Morgan fingerprint density at radius 3 is 2.19 bits per heavy atom. The molecule has 0 radical (unpaired) electrons. The van der Waals surface area contributed by atoms with E-state index in [0.717, 1.165) is 11.3 Å². The lowest BCUT2D eigenvalue weighted by atomic mass is 10.1. The predicted molar refractivity (Wildman–Crippen MR) is 99.8 cm³/mol. The Morgan fingerprint density at radius 2 is 1.62 bits per heavy atom. The van der Waals surface area contributed by atoms with Crippen molar-refractivity contribution in [1.82, 2.24) is 5.32 Å². The first-order valence-electron chi connectivity index (χ1n) is 8.29. The van der Waals surface area contributed by atoms with Crippen molar-refractivity contribution in [1.29, 1.82) is 0 Å². The van der Waals surface area contributed by atoms with Crippen molar-refractivity contribution in [2.24, 2.45) is 0 Å². The SMILES string of the molecule is COc1cc(C(=O)NCCOc2cccc(C)c2C)cc(OC)c1OC. The second kappa shape index (κ2) is 8.99. The number of hydrogen-bond acceptors (Lipinski definition) is 5. The molecule has 0 spiro atoms. The third-order valence-electron chi connectivity index (χ3n) is 4.13. The minimum atomic E-state index is -0.242. The maximum Gasteiger partial charge on any atom is 0.251 e. The van der Waals surface area contributed by atoms with Crippen molar-refractivity contribution in [3.05, 3.63) is 47.0 Å². The molecular weight excluding hydrogens is 334 g/mol. The molecule has 0 fully saturated rings. The number of hydrogen-bond donors (Lipinski definition) is 1. The van der Waals surface area contributed by atoms with Gasteiger partial charge in [0, 0.05) is 5.56 Å². The van der Waals surface area contributed by atoms with Gasteiger partial charge in [0.15, 0.2) is 11.5 Å². The summed E-state index contributed by atoms with van der Waals surface area (Å²) in [5, 5.41) is 2.83. The molecule has 2 rings (SSSR count). The van der Waals surface area contributed by atoms with E-state index in [4.69, 9.17) is 18.9 Å². The van der Waals surface area contributed by atoms with E-state index >= 15 is 0 Å². The summed E-state index contributed by atoms with van der Waals surface area (Å²) in [6.07, 6.45) is 0. The van der Waals surface area contributed by atoms with Crippen molar-refractivity contribution in [3.63, 3.8) is 0 Å². The molecule has 0 bridgehead atoms. The molecule has 0 saturated carbocycles. The summed E-state index contributed by atoms with van der Waals surface area (Å²) < 4.78 is 21.5. The lowest BCUT2D eigenvalue weighted by molar-refractivity contribution is 0.0946. The highest BCUT2D eigenvalue weighted by Gasteiger charge is 2.16. The third-order valence-corrected chi connectivity index (χ3v) is 4.13. The lowest BCUT2D eigenvalue weighted by Crippen LogP contribution is -2.28. The van der Waals surface area contributed by atoms with Crippen LogP contribution in [0.5, 0.6) is 23.0 Å². The molecule has 0 aliphatic heterocycles. The van der Waals surface area contributed by atoms with E-state index in [1.54, 1.807) is 12.1 Å². The molecule has 26 heavy (non-hydrogen) atoms. The van der Waals surface area contributed by atoms with E-state index in [1.165, 1.54) is 26.9 Å². The van der Waals surface area contributed by atoms with Crippen LogP contribution in [0.4, 0.5) is 0 Å². The number of benzene rings is 2. The molecule has 0 unspecified atom stereocenters. The highest BCUT2D eigenvalue weighted by Crippen LogP contribution is 2.38. The molecule has 2 aromatic rings.